The molecule has 1 saturated heterocycles. The van der Waals surface area contributed by atoms with Gasteiger partial charge >= 0.3 is 0 Å². The summed E-state index contributed by atoms with van der Waals surface area (Å²) in [5, 5.41) is 23.7. The first-order valence-electron chi connectivity index (χ1n) is 15.4. The first-order valence-corrected chi connectivity index (χ1v) is 15.4. The molecule has 0 aliphatic carbocycles. The van der Waals surface area contributed by atoms with Crippen molar-refractivity contribution in [3.8, 4) is 5.75 Å². The molecule has 4 atom stereocenters. The van der Waals surface area contributed by atoms with Crippen molar-refractivity contribution in [2.45, 2.75) is 36.1 Å². The van der Waals surface area contributed by atoms with Crippen molar-refractivity contribution in [3.63, 3.8) is 0 Å². The van der Waals surface area contributed by atoms with Gasteiger partial charge in [-0.3, -0.25) is 4.57 Å². The maximum Gasteiger partial charge on any atom is 0.180 e. The van der Waals surface area contributed by atoms with E-state index in [4.69, 9.17) is 19.9 Å². The number of nitrogens with two attached hydrogens (primary N) is 1. The van der Waals surface area contributed by atoms with Crippen molar-refractivity contribution in [2.24, 2.45) is 0 Å². The van der Waals surface area contributed by atoms with Crippen LogP contribution in [0.4, 0.5) is 5.82 Å². The molecule has 238 valence electrons. The van der Waals surface area contributed by atoms with Gasteiger partial charge in [-0.15, -0.1) is 0 Å². The fraction of sp³-hybridized carbons (Fsp3) is 0.216. The number of ether oxygens (including phenoxy) is 3. The highest BCUT2D eigenvalue weighted by Gasteiger charge is 2.57. The third kappa shape index (κ3) is 5.21. The Morgan fingerprint density at radius 3 is 2.11 bits per heavy atom. The zero-order valence-electron chi connectivity index (χ0n) is 25.8. The van der Waals surface area contributed by atoms with Crippen molar-refractivity contribution in [2.75, 3.05) is 19.5 Å². The third-order valence-electron chi connectivity index (χ3n) is 8.90. The van der Waals surface area contributed by atoms with Crippen molar-refractivity contribution < 1.29 is 24.4 Å². The number of aliphatic hydroxyl groups excluding tert-OH is 2. The van der Waals surface area contributed by atoms with Gasteiger partial charge in [0.05, 0.1) is 20.0 Å². The predicted octanol–water partition coefficient (Wildman–Crippen LogP) is 4.44. The van der Waals surface area contributed by atoms with Crippen molar-refractivity contribution in [3.05, 3.63) is 150 Å². The minimum absolute atomic E-state index is 0.0969. The molecule has 3 heterocycles. The maximum atomic E-state index is 11.9. The van der Waals surface area contributed by atoms with Crippen molar-refractivity contribution >= 4 is 17.0 Å². The average molecular weight is 630 g/mol. The Morgan fingerprint density at radius 2 is 1.45 bits per heavy atom. The van der Waals surface area contributed by atoms with Gasteiger partial charge in [0.25, 0.3) is 0 Å². The lowest BCUT2D eigenvalue weighted by molar-refractivity contribution is -0.157. The van der Waals surface area contributed by atoms with E-state index in [1.807, 2.05) is 115 Å². The van der Waals surface area contributed by atoms with E-state index < -0.39 is 29.6 Å². The number of nitrogen functional groups attached to an aromatic ring is 1. The Balaban J connectivity index is 1.34. The number of benzene rings is 4. The van der Waals surface area contributed by atoms with Crippen LogP contribution in [0.25, 0.3) is 11.2 Å². The van der Waals surface area contributed by atoms with Crippen LogP contribution in [-0.2, 0) is 27.2 Å². The molecule has 1 aliphatic heterocycles. The Kier molecular flexibility index (Phi) is 8.17. The molecule has 4 aromatic carbocycles. The molecule has 10 heteroatoms. The summed E-state index contributed by atoms with van der Waals surface area (Å²) in [6.45, 7) is -0.0969. The molecule has 1 aliphatic rings. The number of aliphatic hydroxyl groups is 2. The Labute approximate surface area is 272 Å². The van der Waals surface area contributed by atoms with Gasteiger partial charge in [-0.25, -0.2) is 15.0 Å². The number of nitrogens with zero attached hydrogens (tertiary/aromatic N) is 4. The second-order valence-corrected chi connectivity index (χ2v) is 11.6. The van der Waals surface area contributed by atoms with Crippen LogP contribution in [0, 0.1) is 0 Å². The molecule has 2 aromatic heterocycles. The summed E-state index contributed by atoms with van der Waals surface area (Å²) in [6, 6.07) is 37.1. The van der Waals surface area contributed by atoms with Gasteiger partial charge < -0.3 is 30.2 Å². The molecule has 0 amide bonds. The van der Waals surface area contributed by atoms with Crippen LogP contribution in [-0.4, -0.2) is 61.8 Å². The van der Waals surface area contributed by atoms with Gasteiger partial charge in [-0.2, -0.15) is 0 Å². The molecule has 0 unspecified atom stereocenters. The third-order valence-corrected chi connectivity index (χ3v) is 8.90. The quantitative estimate of drug-likeness (QED) is 0.188. The van der Waals surface area contributed by atoms with E-state index in [-0.39, 0.29) is 18.8 Å². The maximum absolute atomic E-state index is 11.9. The standard InChI is InChI=1S/C37H35N5O5/c1-45-29-20-12-11-19-28(29)37(26-15-7-3-8-16-26,27-17-9-4-10-18-27)46-22-30-32(43)33(44)36(47-30,21-25-13-5-2-6-14-25)42-24-41-31-34(38)39-23-40-35(31)42/h2-20,23-24,30,32-33,43-44H,21-22H2,1H3,(H2,38,39,40)/t30-,32-,33-,36-/m1/s1. The Bertz CT molecular complexity index is 1920. The summed E-state index contributed by atoms with van der Waals surface area (Å²) in [6.07, 6.45) is -0.632. The van der Waals surface area contributed by atoms with Gasteiger partial charge in [-0.1, -0.05) is 109 Å². The fourth-order valence-corrected chi connectivity index (χ4v) is 6.66. The molecule has 0 radical (unpaired) electrons. The highest BCUT2D eigenvalue weighted by molar-refractivity contribution is 5.81. The normalized spacial score (nSPS) is 21.2. The van der Waals surface area contributed by atoms with Crippen LogP contribution < -0.4 is 10.5 Å². The summed E-state index contributed by atoms with van der Waals surface area (Å²) in [4.78, 5) is 13.0. The number of anilines is 1. The zero-order chi connectivity index (χ0) is 32.4. The lowest BCUT2D eigenvalue weighted by atomic mass is 9.79. The van der Waals surface area contributed by atoms with Gasteiger partial charge in [0, 0.05) is 12.0 Å². The van der Waals surface area contributed by atoms with Gasteiger partial charge in [0.2, 0.25) is 0 Å². The van der Waals surface area contributed by atoms with E-state index >= 15 is 0 Å². The van der Waals surface area contributed by atoms with Gasteiger partial charge in [0.15, 0.2) is 17.2 Å². The molecule has 1 fully saturated rings. The lowest BCUT2D eigenvalue weighted by Crippen LogP contribution is -2.47. The molecule has 0 bridgehead atoms. The number of para-hydroxylation sites is 1. The number of hydrogen-bond acceptors (Lipinski definition) is 9. The second-order valence-electron chi connectivity index (χ2n) is 11.6. The van der Waals surface area contributed by atoms with E-state index in [0.717, 1.165) is 22.3 Å². The van der Waals surface area contributed by atoms with E-state index in [0.29, 0.717) is 16.9 Å². The van der Waals surface area contributed by atoms with Crippen LogP contribution in [0.1, 0.15) is 22.3 Å². The molecular weight excluding hydrogens is 594 g/mol. The van der Waals surface area contributed by atoms with E-state index in [1.165, 1.54) is 12.7 Å². The Morgan fingerprint density at radius 1 is 0.830 bits per heavy atom. The van der Waals surface area contributed by atoms with Crippen LogP contribution in [0.3, 0.4) is 0 Å². The van der Waals surface area contributed by atoms with Gasteiger partial charge in [0.1, 0.15) is 41.5 Å². The minimum atomic E-state index is -1.50. The SMILES string of the molecule is COc1ccccc1C(OC[C@H]1O[C@@](Cc2ccccc2)(n2cnc3c(N)ncnc32)[C@H](O)[C@@H]1O)(c1ccccc1)c1ccccc1. The summed E-state index contributed by atoms with van der Waals surface area (Å²) in [7, 11) is 1.63. The molecular formula is C37H35N5O5. The van der Waals surface area contributed by atoms with Crippen molar-refractivity contribution in [1.29, 1.82) is 0 Å². The first-order chi connectivity index (χ1) is 23.0. The summed E-state index contributed by atoms with van der Waals surface area (Å²) < 4.78 is 21.4. The highest BCUT2D eigenvalue weighted by Crippen LogP contribution is 2.46. The van der Waals surface area contributed by atoms with Crippen LogP contribution in [0.15, 0.2) is 128 Å². The molecule has 0 spiro atoms. The zero-order valence-corrected chi connectivity index (χ0v) is 25.8. The topological polar surface area (TPSA) is 138 Å². The largest absolute Gasteiger partial charge is 0.496 e. The van der Waals surface area contributed by atoms with Crippen LogP contribution in [0.2, 0.25) is 0 Å². The predicted molar refractivity (Wildman–Crippen MR) is 176 cm³/mol. The molecule has 10 nitrogen and oxygen atoms in total. The fourth-order valence-electron chi connectivity index (χ4n) is 6.66. The monoisotopic (exact) mass is 629 g/mol. The van der Waals surface area contributed by atoms with E-state index in [9.17, 15) is 10.2 Å². The Hall–Kier alpha value is -5.13. The number of aromatic nitrogens is 4. The number of rotatable bonds is 10. The minimum Gasteiger partial charge on any atom is -0.496 e. The molecule has 47 heavy (non-hydrogen) atoms. The molecule has 4 N–H and O–H groups in total. The average Bonchev–Trinajstić information content (AvgIpc) is 3.67. The van der Waals surface area contributed by atoms with Crippen LogP contribution >= 0.6 is 0 Å². The van der Waals surface area contributed by atoms with Crippen molar-refractivity contribution in [1.82, 2.24) is 19.5 Å². The number of imidazole rings is 1. The first kappa shape index (κ1) is 30.5. The summed E-state index contributed by atoms with van der Waals surface area (Å²) >= 11 is 0. The number of methoxy groups -OCH3 is 1. The second kappa shape index (κ2) is 12.6. The highest BCUT2D eigenvalue weighted by atomic mass is 16.6. The molecule has 0 saturated carbocycles. The number of hydrogen-bond donors (Lipinski definition) is 3. The summed E-state index contributed by atoms with van der Waals surface area (Å²) in [5.74, 6) is 0.831. The smallest absolute Gasteiger partial charge is 0.180 e. The lowest BCUT2D eigenvalue weighted by Gasteiger charge is -2.38. The number of fused-ring (bicyclic) bond motifs is 1. The van der Waals surface area contributed by atoms with E-state index in [2.05, 4.69) is 15.0 Å². The van der Waals surface area contributed by atoms with E-state index in [1.54, 1.807) is 11.7 Å². The summed E-state index contributed by atoms with van der Waals surface area (Å²) in [5.41, 5.74) is 7.56. The molecule has 6 aromatic rings. The van der Waals surface area contributed by atoms with Crippen LogP contribution in [0.5, 0.6) is 5.75 Å². The van der Waals surface area contributed by atoms with Gasteiger partial charge in [-0.05, 0) is 22.8 Å². The molecule has 7 rings (SSSR count).